The normalized spacial score (nSPS) is 16.5. The summed E-state index contributed by atoms with van der Waals surface area (Å²) in [7, 11) is -3.76. The number of rotatable bonds is 5. The van der Waals surface area contributed by atoms with Crippen LogP contribution < -0.4 is 10.6 Å². The lowest BCUT2D eigenvalue weighted by Crippen LogP contribution is -2.20. The molecule has 1 aliphatic heterocycles. The number of fused-ring (bicyclic) bond motifs is 1. The van der Waals surface area contributed by atoms with E-state index in [4.69, 9.17) is 11.6 Å². The van der Waals surface area contributed by atoms with Crippen LogP contribution in [0.4, 0.5) is 15.8 Å². The standard InChI is InChI=1S/C19H18ClFN2O4S2/c1-11-10-28-17-5-3-13(9-16(17)23-19(11)25)29(26,27)7-6-18(24)22-15-4-2-12(21)8-14(15)20/h2-5,8-9,11H,6-7,10H2,1H3,(H,22,24)(H,23,25). The van der Waals surface area contributed by atoms with Gasteiger partial charge in [0.1, 0.15) is 5.82 Å². The van der Waals surface area contributed by atoms with Crippen molar-refractivity contribution >= 4 is 56.4 Å². The van der Waals surface area contributed by atoms with Crippen LogP contribution in [0.2, 0.25) is 5.02 Å². The summed E-state index contributed by atoms with van der Waals surface area (Å²) >= 11 is 7.33. The van der Waals surface area contributed by atoms with Crippen LogP contribution in [0.3, 0.4) is 0 Å². The minimum Gasteiger partial charge on any atom is -0.325 e. The number of thioether (sulfide) groups is 1. The largest absolute Gasteiger partial charge is 0.325 e. The second-order valence-electron chi connectivity index (χ2n) is 6.60. The summed E-state index contributed by atoms with van der Waals surface area (Å²) in [5, 5.41) is 5.23. The van der Waals surface area contributed by atoms with E-state index in [1.807, 2.05) is 0 Å². The van der Waals surface area contributed by atoms with Crippen LogP contribution in [0.15, 0.2) is 46.2 Å². The summed E-state index contributed by atoms with van der Waals surface area (Å²) in [6.45, 7) is 1.80. The quantitative estimate of drug-likeness (QED) is 0.710. The summed E-state index contributed by atoms with van der Waals surface area (Å²) in [6.07, 6.45) is -0.300. The van der Waals surface area contributed by atoms with Crippen LogP contribution in [-0.2, 0) is 19.4 Å². The van der Waals surface area contributed by atoms with Gasteiger partial charge >= 0.3 is 0 Å². The van der Waals surface area contributed by atoms with E-state index in [-0.39, 0.29) is 33.9 Å². The maximum atomic E-state index is 13.1. The zero-order chi connectivity index (χ0) is 21.2. The molecule has 0 spiro atoms. The van der Waals surface area contributed by atoms with Crippen LogP contribution in [0.25, 0.3) is 0 Å². The van der Waals surface area contributed by atoms with Gasteiger partial charge in [0.25, 0.3) is 0 Å². The number of anilines is 2. The van der Waals surface area contributed by atoms with Gasteiger partial charge < -0.3 is 10.6 Å². The number of amides is 2. The Kier molecular flexibility index (Phi) is 6.50. The number of carbonyl (C=O) groups is 2. The number of carbonyl (C=O) groups excluding carboxylic acids is 2. The highest BCUT2D eigenvalue weighted by molar-refractivity contribution is 7.99. The number of halogens is 2. The Morgan fingerprint density at radius 1 is 1.31 bits per heavy atom. The maximum Gasteiger partial charge on any atom is 0.228 e. The van der Waals surface area contributed by atoms with Crippen LogP contribution in [-0.4, -0.2) is 31.7 Å². The molecule has 0 aromatic heterocycles. The van der Waals surface area contributed by atoms with Crippen molar-refractivity contribution in [2.45, 2.75) is 23.1 Å². The maximum absolute atomic E-state index is 13.1. The van der Waals surface area contributed by atoms with Gasteiger partial charge in [0.05, 0.1) is 27.0 Å². The molecule has 1 aliphatic rings. The van der Waals surface area contributed by atoms with E-state index in [9.17, 15) is 22.4 Å². The van der Waals surface area contributed by atoms with E-state index in [0.717, 1.165) is 17.0 Å². The first-order valence-electron chi connectivity index (χ1n) is 8.71. The lowest BCUT2D eigenvalue weighted by atomic mass is 10.2. The summed E-state index contributed by atoms with van der Waals surface area (Å²) in [5.74, 6) is -1.27. The van der Waals surface area contributed by atoms with Crippen molar-refractivity contribution in [3.63, 3.8) is 0 Å². The highest BCUT2D eigenvalue weighted by Crippen LogP contribution is 2.34. The molecular weight excluding hydrogens is 439 g/mol. The third kappa shape index (κ3) is 5.29. The first-order valence-corrected chi connectivity index (χ1v) is 11.7. The molecule has 0 saturated carbocycles. The monoisotopic (exact) mass is 456 g/mol. The Bertz CT molecular complexity index is 1080. The Morgan fingerprint density at radius 3 is 2.79 bits per heavy atom. The van der Waals surface area contributed by atoms with Crippen molar-refractivity contribution in [2.75, 3.05) is 22.1 Å². The first kappa shape index (κ1) is 21.6. The Balaban J connectivity index is 1.69. The second kappa shape index (κ2) is 8.73. The van der Waals surface area contributed by atoms with Gasteiger partial charge in [-0.1, -0.05) is 18.5 Å². The van der Waals surface area contributed by atoms with Crippen LogP contribution in [0, 0.1) is 11.7 Å². The predicted molar refractivity (Wildman–Crippen MR) is 112 cm³/mol. The van der Waals surface area contributed by atoms with Crippen molar-refractivity contribution in [3.8, 4) is 0 Å². The Morgan fingerprint density at radius 2 is 2.07 bits per heavy atom. The van der Waals surface area contributed by atoms with Gasteiger partial charge in [-0.25, -0.2) is 12.8 Å². The van der Waals surface area contributed by atoms with Crippen molar-refractivity contribution in [1.29, 1.82) is 0 Å². The van der Waals surface area contributed by atoms with E-state index in [0.29, 0.717) is 11.4 Å². The molecule has 3 rings (SSSR count). The number of sulfone groups is 1. The summed E-state index contributed by atoms with van der Waals surface area (Å²) in [6, 6.07) is 8.04. The third-order valence-corrected chi connectivity index (χ3v) is 7.67. The molecular formula is C19H18ClFN2O4S2. The van der Waals surface area contributed by atoms with Crippen molar-refractivity contribution in [3.05, 3.63) is 47.2 Å². The van der Waals surface area contributed by atoms with Crippen molar-refractivity contribution in [1.82, 2.24) is 0 Å². The van der Waals surface area contributed by atoms with Crippen LogP contribution in [0.1, 0.15) is 13.3 Å². The molecule has 0 bridgehead atoms. The predicted octanol–water partition coefficient (Wildman–Crippen LogP) is 3.96. The zero-order valence-corrected chi connectivity index (χ0v) is 17.8. The van der Waals surface area contributed by atoms with Gasteiger partial charge in [-0.15, -0.1) is 11.8 Å². The van der Waals surface area contributed by atoms with E-state index in [1.165, 1.54) is 30.0 Å². The fraction of sp³-hybridized carbons (Fsp3) is 0.263. The molecule has 2 aromatic rings. The van der Waals surface area contributed by atoms with E-state index < -0.39 is 27.3 Å². The summed E-state index contributed by atoms with van der Waals surface area (Å²) < 4.78 is 38.4. The molecule has 10 heteroatoms. The molecule has 0 aliphatic carbocycles. The SMILES string of the molecule is CC1CSc2ccc(S(=O)(=O)CCC(=O)Nc3ccc(F)cc3Cl)cc2NC1=O. The lowest BCUT2D eigenvalue weighted by Gasteiger charge is -2.11. The smallest absolute Gasteiger partial charge is 0.228 e. The van der Waals surface area contributed by atoms with Crippen molar-refractivity contribution in [2.24, 2.45) is 5.92 Å². The third-order valence-electron chi connectivity index (χ3n) is 4.31. The van der Waals surface area contributed by atoms with Gasteiger partial charge in [0.2, 0.25) is 11.8 Å². The van der Waals surface area contributed by atoms with Gasteiger partial charge in [-0.2, -0.15) is 0 Å². The lowest BCUT2D eigenvalue weighted by molar-refractivity contribution is -0.118. The molecule has 2 aromatic carbocycles. The molecule has 0 saturated heterocycles. The fourth-order valence-corrected chi connectivity index (χ4v) is 5.11. The number of hydrogen-bond donors (Lipinski definition) is 2. The van der Waals surface area contributed by atoms with Gasteiger partial charge in [0, 0.05) is 23.0 Å². The molecule has 2 amide bonds. The zero-order valence-electron chi connectivity index (χ0n) is 15.4. The average molecular weight is 457 g/mol. The molecule has 154 valence electrons. The van der Waals surface area contributed by atoms with Crippen molar-refractivity contribution < 1.29 is 22.4 Å². The molecule has 0 radical (unpaired) electrons. The number of benzene rings is 2. The van der Waals surface area contributed by atoms with Gasteiger partial charge in [0.15, 0.2) is 9.84 Å². The molecule has 29 heavy (non-hydrogen) atoms. The fourth-order valence-electron chi connectivity index (χ4n) is 2.62. The molecule has 1 heterocycles. The molecule has 1 unspecified atom stereocenters. The van der Waals surface area contributed by atoms with Crippen LogP contribution in [0.5, 0.6) is 0 Å². The van der Waals surface area contributed by atoms with Crippen LogP contribution >= 0.6 is 23.4 Å². The van der Waals surface area contributed by atoms with Gasteiger partial charge in [-0.05, 0) is 36.4 Å². The van der Waals surface area contributed by atoms with E-state index >= 15 is 0 Å². The summed E-state index contributed by atoms with van der Waals surface area (Å²) in [4.78, 5) is 24.9. The van der Waals surface area contributed by atoms with E-state index in [1.54, 1.807) is 13.0 Å². The first-order chi connectivity index (χ1) is 13.7. The molecule has 0 fully saturated rings. The highest BCUT2D eigenvalue weighted by Gasteiger charge is 2.23. The number of nitrogens with one attached hydrogen (secondary N) is 2. The molecule has 2 N–H and O–H groups in total. The van der Waals surface area contributed by atoms with Gasteiger partial charge in [-0.3, -0.25) is 9.59 Å². The molecule has 1 atom stereocenters. The minimum absolute atomic E-state index is 0.0226. The van der Waals surface area contributed by atoms with E-state index in [2.05, 4.69) is 10.6 Å². The minimum atomic E-state index is -3.76. The number of hydrogen-bond acceptors (Lipinski definition) is 5. The topological polar surface area (TPSA) is 92.3 Å². The molecule has 6 nitrogen and oxygen atoms in total. The average Bonchev–Trinajstić information content (AvgIpc) is 2.80. The summed E-state index contributed by atoms with van der Waals surface area (Å²) in [5.41, 5.74) is 0.655. The highest BCUT2D eigenvalue weighted by atomic mass is 35.5. The Labute approximate surface area is 177 Å². The second-order valence-corrected chi connectivity index (χ2v) is 10.2. The Hall–Kier alpha value is -2.10.